The number of carbonyl (C=O) groups excluding carboxylic acids is 1. The predicted molar refractivity (Wildman–Crippen MR) is 67.5 cm³/mol. The van der Waals surface area contributed by atoms with Crippen molar-refractivity contribution in [1.82, 2.24) is 0 Å². The quantitative estimate of drug-likeness (QED) is 0.404. The molecule has 0 aliphatic heterocycles. The van der Waals surface area contributed by atoms with E-state index in [9.17, 15) is 4.79 Å². The number of nitrogens with two attached hydrogens (primary N) is 1. The Morgan fingerprint density at radius 2 is 2.31 bits per heavy atom. The lowest BCUT2D eigenvalue weighted by Gasteiger charge is -2.05. The van der Waals surface area contributed by atoms with E-state index in [2.05, 4.69) is 25.7 Å². The Morgan fingerprint density at radius 1 is 1.62 bits per heavy atom. The smallest absolute Gasteiger partial charge is 0.340 e. The number of amidine groups is 1. The molecule has 0 amide bonds. The van der Waals surface area contributed by atoms with E-state index < -0.39 is 5.97 Å². The normalized spacial score (nSPS) is 11.3. The summed E-state index contributed by atoms with van der Waals surface area (Å²) in [5.74, 6) is -0.119. The Balaban J connectivity index is 3.23. The van der Waals surface area contributed by atoms with Gasteiger partial charge >= 0.3 is 5.97 Å². The molecule has 6 heteroatoms. The van der Waals surface area contributed by atoms with Crippen LogP contribution in [0.2, 0.25) is 0 Å². The molecule has 0 heterocycles. The van der Waals surface area contributed by atoms with Gasteiger partial charge in [-0.1, -0.05) is 15.9 Å². The zero-order valence-electron chi connectivity index (χ0n) is 8.54. The maximum Gasteiger partial charge on any atom is 0.340 e. The van der Waals surface area contributed by atoms with Crippen molar-refractivity contribution in [3.8, 4) is 0 Å². The summed E-state index contributed by atoms with van der Waals surface area (Å²) in [6, 6.07) is 5.00. The summed E-state index contributed by atoms with van der Waals surface area (Å²) in [5.41, 5.74) is 6.29. The second-order valence-electron chi connectivity index (χ2n) is 2.89. The third-order valence-electron chi connectivity index (χ3n) is 1.77. The molecule has 0 aromatic heterocycles. The number of hydrogen-bond acceptors (Lipinski definition) is 3. The van der Waals surface area contributed by atoms with Crippen LogP contribution in [0.3, 0.4) is 0 Å². The Bertz CT molecular complexity index is 435. The molecule has 86 valence electrons. The maximum atomic E-state index is 11.4. The van der Waals surface area contributed by atoms with Gasteiger partial charge in [0, 0.05) is 4.47 Å². The first-order chi connectivity index (χ1) is 7.58. The minimum Gasteiger partial charge on any atom is -0.465 e. The number of carbonyl (C=O) groups is 1. The average Bonchev–Trinajstić information content (AvgIpc) is 2.28. The Labute approximate surface area is 107 Å². The van der Waals surface area contributed by atoms with Crippen LogP contribution in [0.4, 0.5) is 5.69 Å². The summed E-state index contributed by atoms with van der Waals surface area (Å²) in [5, 5.41) is 0. The van der Waals surface area contributed by atoms with Crippen LogP contribution >= 0.6 is 27.5 Å². The first kappa shape index (κ1) is 13.0. The van der Waals surface area contributed by atoms with Crippen molar-refractivity contribution in [2.24, 2.45) is 10.7 Å². The van der Waals surface area contributed by atoms with Gasteiger partial charge in [-0.15, -0.1) is 11.6 Å². The summed E-state index contributed by atoms with van der Waals surface area (Å²) >= 11 is 8.81. The van der Waals surface area contributed by atoms with Crippen LogP contribution < -0.4 is 5.73 Å². The van der Waals surface area contributed by atoms with Crippen molar-refractivity contribution in [3.63, 3.8) is 0 Å². The van der Waals surface area contributed by atoms with Crippen LogP contribution in [0.25, 0.3) is 0 Å². The van der Waals surface area contributed by atoms with Gasteiger partial charge in [0.1, 0.15) is 5.84 Å². The molecule has 4 nitrogen and oxygen atoms in total. The number of methoxy groups -OCH3 is 1. The van der Waals surface area contributed by atoms with E-state index in [1.54, 1.807) is 18.2 Å². The molecule has 0 saturated carbocycles. The largest absolute Gasteiger partial charge is 0.465 e. The fourth-order valence-electron chi connectivity index (χ4n) is 1.06. The van der Waals surface area contributed by atoms with Crippen LogP contribution in [0, 0.1) is 0 Å². The Hall–Kier alpha value is -1.07. The van der Waals surface area contributed by atoms with E-state index in [1.165, 1.54) is 7.11 Å². The van der Waals surface area contributed by atoms with Crippen molar-refractivity contribution in [1.29, 1.82) is 0 Å². The van der Waals surface area contributed by atoms with Gasteiger partial charge in [0.25, 0.3) is 0 Å². The number of rotatable bonds is 3. The van der Waals surface area contributed by atoms with E-state index in [-0.39, 0.29) is 11.7 Å². The minimum atomic E-state index is -0.464. The molecule has 0 atom stereocenters. The fourth-order valence-corrected chi connectivity index (χ4v) is 1.47. The molecule has 0 radical (unpaired) electrons. The average molecular weight is 306 g/mol. The maximum absolute atomic E-state index is 11.4. The van der Waals surface area contributed by atoms with Crippen molar-refractivity contribution in [2.45, 2.75) is 0 Å². The number of benzene rings is 1. The van der Waals surface area contributed by atoms with E-state index in [0.717, 1.165) is 4.47 Å². The number of halogens is 2. The van der Waals surface area contributed by atoms with Gasteiger partial charge in [-0.25, -0.2) is 9.79 Å². The lowest BCUT2D eigenvalue weighted by atomic mass is 10.2. The zero-order chi connectivity index (χ0) is 12.1. The Kier molecular flexibility index (Phi) is 4.76. The molecule has 0 aliphatic carbocycles. The van der Waals surface area contributed by atoms with Gasteiger partial charge in [0.15, 0.2) is 0 Å². The van der Waals surface area contributed by atoms with Crippen LogP contribution in [-0.2, 0) is 4.74 Å². The number of nitrogens with zero attached hydrogens (tertiary/aromatic N) is 1. The summed E-state index contributed by atoms with van der Waals surface area (Å²) in [4.78, 5) is 15.5. The lowest BCUT2D eigenvalue weighted by molar-refractivity contribution is 0.0601. The number of esters is 1. The van der Waals surface area contributed by atoms with Crippen LogP contribution in [0.1, 0.15) is 10.4 Å². The molecular formula is C10H10BrClN2O2. The number of alkyl halides is 1. The SMILES string of the molecule is COC(=O)c1ccc(Br)cc1N=C(N)CCl. The second-order valence-corrected chi connectivity index (χ2v) is 4.07. The van der Waals surface area contributed by atoms with Crippen LogP contribution in [0.15, 0.2) is 27.7 Å². The van der Waals surface area contributed by atoms with E-state index in [0.29, 0.717) is 11.3 Å². The molecule has 0 fully saturated rings. The monoisotopic (exact) mass is 304 g/mol. The van der Waals surface area contributed by atoms with Gasteiger partial charge in [-0.3, -0.25) is 0 Å². The second kappa shape index (κ2) is 5.86. The number of ether oxygens (including phenoxy) is 1. The zero-order valence-corrected chi connectivity index (χ0v) is 10.9. The molecule has 1 aromatic carbocycles. The molecule has 2 N–H and O–H groups in total. The van der Waals surface area contributed by atoms with Crippen molar-refractivity contribution >= 4 is 45.0 Å². The lowest BCUT2D eigenvalue weighted by Crippen LogP contribution is -2.13. The number of hydrogen-bond donors (Lipinski definition) is 1. The van der Waals surface area contributed by atoms with Crippen LogP contribution in [-0.4, -0.2) is 24.8 Å². The highest BCUT2D eigenvalue weighted by molar-refractivity contribution is 9.10. The minimum absolute atomic E-state index is 0.104. The summed E-state index contributed by atoms with van der Waals surface area (Å²) in [6.45, 7) is 0. The van der Waals surface area contributed by atoms with Gasteiger partial charge in [-0.05, 0) is 18.2 Å². The first-order valence-corrected chi connectivity index (χ1v) is 5.68. The summed E-state index contributed by atoms with van der Waals surface area (Å²) < 4.78 is 5.43. The van der Waals surface area contributed by atoms with E-state index in [1.807, 2.05) is 0 Å². The van der Waals surface area contributed by atoms with Gasteiger partial charge in [0.05, 0.1) is 24.2 Å². The summed E-state index contributed by atoms with van der Waals surface area (Å²) in [6.07, 6.45) is 0. The molecule has 0 bridgehead atoms. The van der Waals surface area contributed by atoms with Gasteiger partial charge in [-0.2, -0.15) is 0 Å². The first-order valence-electron chi connectivity index (χ1n) is 4.35. The fraction of sp³-hybridized carbons (Fsp3) is 0.200. The molecule has 1 rings (SSSR count). The van der Waals surface area contributed by atoms with Gasteiger partial charge < -0.3 is 10.5 Å². The van der Waals surface area contributed by atoms with Crippen molar-refractivity contribution in [2.75, 3.05) is 13.0 Å². The van der Waals surface area contributed by atoms with Crippen molar-refractivity contribution < 1.29 is 9.53 Å². The summed E-state index contributed by atoms with van der Waals surface area (Å²) in [7, 11) is 1.31. The topological polar surface area (TPSA) is 64.7 Å². The van der Waals surface area contributed by atoms with E-state index >= 15 is 0 Å². The highest BCUT2D eigenvalue weighted by Gasteiger charge is 2.11. The third-order valence-corrected chi connectivity index (χ3v) is 2.53. The van der Waals surface area contributed by atoms with Crippen LogP contribution in [0.5, 0.6) is 0 Å². The van der Waals surface area contributed by atoms with Gasteiger partial charge in [0.2, 0.25) is 0 Å². The molecule has 0 unspecified atom stereocenters. The van der Waals surface area contributed by atoms with E-state index in [4.69, 9.17) is 17.3 Å². The standard InChI is InChI=1S/C10H10BrClN2O2/c1-16-10(15)7-3-2-6(11)4-8(7)14-9(13)5-12/h2-4H,5H2,1H3,(H2,13,14). The predicted octanol–water partition coefficient (Wildman–Crippen LogP) is 2.46. The molecule has 1 aromatic rings. The Morgan fingerprint density at radius 3 is 2.88 bits per heavy atom. The van der Waals surface area contributed by atoms with Crippen molar-refractivity contribution in [3.05, 3.63) is 28.2 Å². The third kappa shape index (κ3) is 3.21. The molecule has 16 heavy (non-hydrogen) atoms. The molecule has 0 saturated heterocycles. The highest BCUT2D eigenvalue weighted by atomic mass is 79.9. The molecule has 0 spiro atoms. The number of aliphatic imine (C=N–C) groups is 1. The molecule has 0 aliphatic rings. The molecular weight excluding hydrogens is 295 g/mol. The highest BCUT2D eigenvalue weighted by Crippen LogP contribution is 2.24.